The van der Waals surface area contributed by atoms with Crippen LogP contribution < -0.4 is 10.6 Å². The van der Waals surface area contributed by atoms with E-state index in [1.807, 2.05) is 56.3 Å². The molecule has 2 N–H and O–H groups in total. The van der Waals surface area contributed by atoms with Crippen molar-refractivity contribution >= 4 is 22.8 Å². The van der Waals surface area contributed by atoms with Crippen LogP contribution in [0.2, 0.25) is 0 Å². The first-order valence-electron chi connectivity index (χ1n) is 9.72. The molecule has 146 valence electrons. The zero-order valence-corrected chi connectivity index (χ0v) is 16.6. The van der Waals surface area contributed by atoms with Gasteiger partial charge in [0.1, 0.15) is 5.69 Å². The summed E-state index contributed by atoms with van der Waals surface area (Å²) >= 11 is 0. The van der Waals surface area contributed by atoms with Crippen LogP contribution in [0.25, 0.3) is 22.3 Å². The number of aromatic nitrogens is 2. The predicted octanol–water partition coefficient (Wildman–Crippen LogP) is 3.51. The van der Waals surface area contributed by atoms with Gasteiger partial charge in [0.05, 0.1) is 22.7 Å². The van der Waals surface area contributed by atoms with Gasteiger partial charge in [-0.15, -0.1) is 0 Å². The molecule has 0 saturated carbocycles. The second-order valence-electron chi connectivity index (χ2n) is 8.09. The van der Waals surface area contributed by atoms with Crippen molar-refractivity contribution in [2.75, 3.05) is 18.0 Å². The molecule has 1 saturated heterocycles. The Morgan fingerprint density at radius 1 is 1.17 bits per heavy atom. The second kappa shape index (κ2) is 7.17. The lowest BCUT2D eigenvalue weighted by atomic mass is 9.78. The average molecular weight is 385 g/mol. The van der Waals surface area contributed by atoms with E-state index in [1.165, 1.54) is 0 Å². The molecule has 1 aliphatic rings. The standard InChI is InChI=1S/C23H23N5O/c1-23(2,22(25)29)17-10-11-28(14-17)21-20(16-7-5-6-15(12-16)13-24)26-18-8-3-4-9-19(18)27-21/h3-9,12,17H,10-11,14H2,1-2H3,(H2,25,29). The Kier molecular flexibility index (Phi) is 4.67. The number of anilines is 1. The lowest BCUT2D eigenvalue weighted by Crippen LogP contribution is -2.39. The molecule has 1 unspecified atom stereocenters. The number of nitrogens with zero attached hydrogens (tertiary/aromatic N) is 4. The molecule has 0 spiro atoms. The molecule has 6 heteroatoms. The highest BCUT2D eigenvalue weighted by molar-refractivity contribution is 5.84. The molecule has 1 amide bonds. The Hall–Kier alpha value is -3.46. The van der Waals surface area contributed by atoms with Crippen LogP contribution in [0.3, 0.4) is 0 Å². The van der Waals surface area contributed by atoms with Crippen LogP contribution in [0.4, 0.5) is 5.82 Å². The molecule has 0 radical (unpaired) electrons. The Morgan fingerprint density at radius 3 is 2.59 bits per heavy atom. The van der Waals surface area contributed by atoms with Gasteiger partial charge in [0.15, 0.2) is 5.82 Å². The van der Waals surface area contributed by atoms with Crippen LogP contribution in [-0.2, 0) is 4.79 Å². The number of benzene rings is 2. The van der Waals surface area contributed by atoms with Gasteiger partial charge in [0.25, 0.3) is 0 Å². The molecule has 1 aliphatic heterocycles. The van der Waals surface area contributed by atoms with Gasteiger partial charge in [-0.3, -0.25) is 4.79 Å². The third-order valence-electron chi connectivity index (χ3n) is 5.96. The second-order valence-corrected chi connectivity index (χ2v) is 8.09. The monoisotopic (exact) mass is 385 g/mol. The number of primary amides is 1. The minimum atomic E-state index is -0.583. The third-order valence-corrected chi connectivity index (χ3v) is 5.96. The maximum atomic E-state index is 11.9. The maximum Gasteiger partial charge on any atom is 0.223 e. The van der Waals surface area contributed by atoms with Gasteiger partial charge >= 0.3 is 0 Å². The van der Waals surface area contributed by atoms with Crippen LogP contribution in [0.5, 0.6) is 0 Å². The summed E-state index contributed by atoms with van der Waals surface area (Å²) < 4.78 is 0. The van der Waals surface area contributed by atoms with E-state index in [1.54, 1.807) is 6.07 Å². The molecule has 4 rings (SSSR count). The number of carbonyl (C=O) groups excluding carboxylic acids is 1. The highest BCUT2D eigenvalue weighted by Crippen LogP contribution is 2.38. The first-order valence-corrected chi connectivity index (χ1v) is 9.72. The Morgan fingerprint density at radius 2 is 1.90 bits per heavy atom. The van der Waals surface area contributed by atoms with Crippen molar-refractivity contribution in [3.05, 3.63) is 54.1 Å². The highest BCUT2D eigenvalue weighted by Gasteiger charge is 2.40. The van der Waals surface area contributed by atoms with Crippen LogP contribution >= 0.6 is 0 Å². The fourth-order valence-electron chi connectivity index (χ4n) is 3.88. The van der Waals surface area contributed by atoms with Crippen LogP contribution in [0.1, 0.15) is 25.8 Å². The SMILES string of the molecule is CC(C)(C(N)=O)C1CCN(c2nc3ccccc3nc2-c2cccc(C#N)c2)C1. The Bertz CT molecular complexity index is 1130. The summed E-state index contributed by atoms with van der Waals surface area (Å²) in [5, 5.41) is 9.30. The Labute approximate surface area is 170 Å². The normalized spacial score (nSPS) is 16.7. The number of para-hydroxylation sites is 2. The summed E-state index contributed by atoms with van der Waals surface area (Å²) in [5.74, 6) is 0.643. The zero-order chi connectivity index (χ0) is 20.6. The van der Waals surface area contributed by atoms with E-state index < -0.39 is 5.41 Å². The van der Waals surface area contributed by atoms with Gasteiger partial charge in [-0.2, -0.15) is 5.26 Å². The van der Waals surface area contributed by atoms with E-state index in [9.17, 15) is 10.1 Å². The molecular weight excluding hydrogens is 362 g/mol. The van der Waals surface area contributed by atoms with Crippen molar-refractivity contribution in [1.29, 1.82) is 5.26 Å². The fraction of sp³-hybridized carbons (Fsp3) is 0.304. The van der Waals surface area contributed by atoms with Crippen molar-refractivity contribution in [3.8, 4) is 17.3 Å². The van der Waals surface area contributed by atoms with Crippen molar-refractivity contribution in [2.24, 2.45) is 17.1 Å². The van der Waals surface area contributed by atoms with Gasteiger partial charge in [0, 0.05) is 24.1 Å². The summed E-state index contributed by atoms with van der Waals surface area (Å²) in [6.45, 7) is 5.28. The number of fused-ring (bicyclic) bond motifs is 1. The van der Waals surface area contributed by atoms with Crippen molar-refractivity contribution in [1.82, 2.24) is 9.97 Å². The smallest absolute Gasteiger partial charge is 0.223 e. The highest BCUT2D eigenvalue weighted by atomic mass is 16.1. The molecule has 2 heterocycles. The van der Waals surface area contributed by atoms with Crippen molar-refractivity contribution in [2.45, 2.75) is 20.3 Å². The van der Waals surface area contributed by atoms with E-state index in [2.05, 4.69) is 11.0 Å². The molecule has 3 aromatic rings. The number of rotatable bonds is 4. The summed E-state index contributed by atoms with van der Waals surface area (Å²) in [5.41, 5.74) is 8.87. The number of nitriles is 1. The van der Waals surface area contributed by atoms with Gasteiger partial charge < -0.3 is 10.6 Å². The van der Waals surface area contributed by atoms with E-state index in [-0.39, 0.29) is 11.8 Å². The van der Waals surface area contributed by atoms with E-state index in [0.29, 0.717) is 12.1 Å². The maximum absolute atomic E-state index is 11.9. The lowest BCUT2D eigenvalue weighted by molar-refractivity contribution is -0.128. The molecule has 29 heavy (non-hydrogen) atoms. The minimum Gasteiger partial charge on any atom is -0.369 e. The van der Waals surface area contributed by atoms with Gasteiger partial charge in [-0.25, -0.2) is 9.97 Å². The topological polar surface area (TPSA) is 95.9 Å². The summed E-state index contributed by atoms with van der Waals surface area (Å²) in [4.78, 5) is 23.9. The number of carbonyl (C=O) groups is 1. The van der Waals surface area contributed by atoms with Crippen LogP contribution in [0.15, 0.2) is 48.5 Å². The number of nitrogens with two attached hydrogens (primary N) is 1. The van der Waals surface area contributed by atoms with Gasteiger partial charge in [-0.1, -0.05) is 38.1 Å². The van der Waals surface area contributed by atoms with Crippen molar-refractivity contribution in [3.63, 3.8) is 0 Å². The number of hydrogen-bond acceptors (Lipinski definition) is 5. The molecular formula is C23H23N5O. The molecule has 1 fully saturated rings. The van der Waals surface area contributed by atoms with Crippen LogP contribution in [-0.4, -0.2) is 29.0 Å². The van der Waals surface area contributed by atoms with Gasteiger partial charge in [0.2, 0.25) is 5.91 Å². The Balaban J connectivity index is 1.81. The first kappa shape index (κ1) is 18.9. The fourth-order valence-corrected chi connectivity index (χ4v) is 3.88. The zero-order valence-electron chi connectivity index (χ0n) is 16.6. The molecule has 6 nitrogen and oxygen atoms in total. The average Bonchev–Trinajstić information content (AvgIpc) is 3.23. The van der Waals surface area contributed by atoms with E-state index >= 15 is 0 Å². The molecule has 1 atom stereocenters. The van der Waals surface area contributed by atoms with E-state index in [4.69, 9.17) is 15.7 Å². The molecule has 1 aromatic heterocycles. The lowest BCUT2D eigenvalue weighted by Gasteiger charge is -2.28. The summed E-state index contributed by atoms with van der Waals surface area (Å²) in [7, 11) is 0. The van der Waals surface area contributed by atoms with E-state index in [0.717, 1.165) is 41.1 Å². The minimum absolute atomic E-state index is 0.145. The molecule has 2 aromatic carbocycles. The van der Waals surface area contributed by atoms with Gasteiger partial charge in [-0.05, 0) is 36.6 Å². The molecule has 0 aliphatic carbocycles. The first-order chi connectivity index (χ1) is 13.9. The predicted molar refractivity (Wildman–Crippen MR) is 113 cm³/mol. The summed E-state index contributed by atoms with van der Waals surface area (Å²) in [6, 6.07) is 17.4. The van der Waals surface area contributed by atoms with Crippen molar-refractivity contribution < 1.29 is 4.79 Å². The number of hydrogen-bond donors (Lipinski definition) is 1. The third kappa shape index (κ3) is 3.40. The summed E-state index contributed by atoms with van der Waals surface area (Å²) in [6.07, 6.45) is 0.863. The van der Waals surface area contributed by atoms with Crippen LogP contribution in [0, 0.1) is 22.7 Å². The molecule has 0 bridgehead atoms. The quantitative estimate of drug-likeness (QED) is 0.741. The largest absolute Gasteiger partial charge is 0.369 e. The number of amides is 1.